The Hall–Kier alpha value is -3.32. The van der Waals surface area contributed by atoms with Crippen molar-refractivity contribution in [2.45, 2.75) is 18.9 Å². The molecule has 1 aliphatic rings. The lowest BCUT2D eigenvalue weighted by Crippen LogP contribution is -2.46. The Labute approximate surface area is 184 Å². The van der Waals surface area contributed by atoms with Gasteiger partial charge in [-0.2, -0.15) is 0 Å². The van der Waals surface area contributed by atoms with Gasteiger partial charge in [0, 0.05) is 47.2 Å². The number of hydrogen-bond donors (Lipinski definition) is 2. The van der Waals surface area contributed by atoms with Gasteiger partial charge in [-0.3, -0.25) is 9.59 Å². The Bertz CT molecular complexity index is 1130. The lowest BCUT2D eigenvalue weighted by molar-refractivity contribution is -0.145. The van der Waals surface area contributed by atoms with Crippen molar-refractivity contribution < 1.29 is 19.1 Å². The van der Waals surface area contributed by atoms with Crippen LogP contribution in [0, 0.1) is 5.92 Å². The average molecular weight is 440 g/mol. The summed E-state index contributed by atoms with van der Waals surface area (Å²) in [5.41, 5.74) is 2.54. The Kier molecular flexibility index (Phi) is 5.95. The fourth-order valence-electron chi connectivity index (χ4n) is 3.90. The molecule has 31 heavy (non-hydrogen) atoms. The second-order valence-electron chi connectivity index (χ2n) is 7.53. The van der Waals surface area contributed by atoms with Gasteiger partial charge in [-0.05, 0) is 35.9 Å². The molecule has 2 atom stereocenters. The number of amides is 2. The Morgan fingerprint density at radius 1 is 1.23 bits per heavy atom. The second-order valence-corrected chi connectivity index (χ2v) is 7.97. The molecule has 8 heteroatoms. The predicted octanol–water partition coefficient (Wildman–Crippen LogP) is 3.07. The van der Waals surface area contributed by atoms with E-state index in [0.29, 0.717) is 10.7 Å². The van der Waals surface area contributed by atoms with Crippen molar-refractivity contribution in [2.75, 3.05) is 18.6 Å². The molecule has 2 heterocycles. The maximum Gasteiger partial charge on any atom is 0.328 e. The number of esters is 1. The number of benzene rings is 2. The lowest BCUT2D eigenvalue weighted by atomic mass is 10.0. The number of anilines is 1. The predicted molar refractivity (Wildman–Crippen MR) is 118 cm³/mol. The smallest absolute Gasteiger partial charge is 0.328 e. The molecule has 7 nitrogen and oxygen atoms in total. The molecular formula is C23H22ClN3O4. The van der Waals surface area contributed by atoms with Gasteiger partial charge in [0.05, 0.1) is 13.0 Å². The first-order chi connectivity index (χ1) is 15.0. The molecule has 4 rings (SSSR count). The third-order valence-corrected chi connectivity index (χ3v) is 5.79. The van der Waals surface area contributed by atoms with Crippen molar-refractivity contribution in [2.24, 2.45) is 5.92 Å². The second kappa shape index (κ2) is 8.81. The summed E-state index contributed by atoms with van der Waals surface area (Å²) in [6.45, 7) is 0.243. The number of nitrogens with one attached hydrogen (secondary N) is 2. The number of hydrogen-bond acceptors (Lipinski definition) is 4. The number of carbonyl (C=O) groups excluding carboxylic acids is 3. The number of ether oxygens (including phenoxy) is 1. The number of para-hydroxylation sites is 1. The van der Waals surface area contributed by atoms with Gasteiger partial charge in [0.1, 0.15) is 6.04 Å². The summed E-state index contributed by atoms with van der Waals surface area (Å²) < 4.78 is 4.91. The van der Waals surface area contributed by atoms with Crippen LogP contribution < -0.4 is 10.2 Å². The Morgan fingerprint density at radius 2 is 1.97 bits per heavy atom. The summed E-state index contributed by atoms with van der Waals surface area (Å²) in [6, 6.07) is 13.8. The molecule has 0 unspecified atom stereocenters. The number of methoxy groups -OCH3 is 1. The highest BCUT2D eigenvalue weighted by molar-refractivity contribution is 6.30. The van der Waals surface area contributed by atoms with E-state index >= 15 is 0 Å². The van der Waals surface area contributed by atoms with E-state index in [4.69, 9.17) is 16.3 Å². The zero-order chi connectivity index (χ0) is 22.0. The van der Waals surface area contributed by atoms with Crippen LogP contribution in [0.1, 0.15) is 12.0 Å². The van der Waals surface area contributed by atoms with Crippen molar-refractivity contribution in [1.82, 2.24) is 10.3 Å². The summed E-state index contributed by atoms with van der Waals surface area (Å²) in [7, 11) is 1.29. The van der Waals surface area contributed by atoms with E-state index in [1.807, 2.05) is 30.5 Å². The van der Waals surface area contributed by atoms with Crippen LogP contribution in [0.3, 0.4) is 0 Å². The fourth-order valence-corrected chi connectivity index (χ4v) is 4.03. The van der Waals surface area contributed by atoms with Crippen LogP contribution in [0.25, 0.3) is 10.9 Å². The minimum Gasteiger partial charge on any atom is -0.467 e. The van der Waals surface area contributed by atoms with E-state index in [-0.39, 0.29) is 31.2 Å². The highest BCUT2D eigenvalue weighted by atomic mass is 35.5. The minimum absolute atomic E-state index is 0.0788. The molecule has 1 aromatic heterocycles. The third-order valence-electron chi connectivity index (χ3n) is 5.54. The molecule has 2 amide bonds. The van der Waals surface area contributed by atoms with Gasteiger partial charge in [0.15, 0.2) is 0 Å². The van der Waals surface area contributed by atoms with Crippen molar-refractivity contribution in [3.63, 3.8) is 0 Å². The van der Waals surface area contributed by atoms with Crippen molar-refractivity contribution in [3.8, 4) is 0 Å². The molecule has 2 aromatic carbocycles. The summed E-state index contributed by atoms with van der Waals surface area (Å²) in [4.78, 5) is 42.5. The molecule has 3 aromatic rings. The number of aromatic amines is 1. The molecule has 1 saturated heterocycles. The van der Waals surface area contributed by atoms with E-state index in [9.17, 15) is 14.4 Å². The summed E-state index contributed by atoms with van der Waals surface area (Å²) in [6.07, 6.45) is 2.19. The van der Waals surface area contributed by atoms with Crippen molar-refractivity contribution in [3.05, 3.63) is 65.3 Å². The van der Waals surface area contributed by atoms with E-state index in [1.54, 1.807) is 29.2 Å². The van der Waals surface area contributed by atoms with Crippen LogP contribution in [-0.2, 0) is 25.5 Å². The Morgan fingerprint density at radius 3 is 2.71 bits per heavy atom. The van der Waals surface area contributed by atoms with E-state index < -0.39 is 17.9 Å². The number of carbonyl (C=O) groups is 3. The lowest BCUT2D eigenvalue weighted by Gasteiger charge is -2.19. The molecule has 2 N–H and O–H groups in total. The molecule has 160 valence electrons. The van der Waals surface area contributed by atoms with Gasteiger partial charge in [0.2, 0.25) is 11.8 Å². The van der Waals surface area contributed by atoms with Crippen LogP contribution in [0.5, 0.6) is 0 Å². The number of aromatic nitrogens is 1. The van der Waals surface area contributed by atoms with Crippen LogP contribution in [0.2, 0.25) is 5.02 Å². The first-order valence-electron chi connectivity index (χ1n) is 9.95. The number of nitrogens with zero attached hydrogens (tertiary/aromatic N) is 1. The van der Waals surface area contributed by atoms with Gasteiger partial charge < -0.3 is 19.9 Å². The number of halogens is 1. The van der Waals surface area contributed by atoms with Crippen molar-refractivity contribution >= 4 is 46.0 Å². The Balaban J connectivity index is 1.47. The molecule has 0 radical (unpaired) electrons. The number of rotatable bonds is 6. The highest BCUT2D eigenvalue weighted by Crippen LogP contribution is 2.27. The van der Waals surface area contributed by atoms with Gasteiger partial charge in [-0.15, -0.1) is 0 Å². The van der Waals surface area contributed by atoms with Gasteiger partial charge in [-0.25, -0.2) is 4.79 Å². The quantitative estimate of drug-likeness (QED) is 0.577. The summed E-state index contributed by atoms with van der Waals surface area (Å²) >= 11 is 5.92. The molecule has 0 aliphatic carbocycles. The fraction of sp³-hybridized carbons (Fsp3) is 0.261. The third kappa shape index (κ3) is 4.41. The van der Waals surface area contributed by atoms with E-state index in [0.717, 1.165) is 16.5 Å². The molecule has 1 fully saturated rings. The molecule has 0 bridgehead atoms. The summed E-state index contributed by atoms with van der Waals surface area (Å²) in [5, 5.41) is 4.34. The highest BCUT2D eigenvalue weighted by Gasteiger charge is 2.37. The molecule has 0 saturated carbocycles. The van der Waals surface area contributed by atoms with E-state index in [1.165, 1.54) is 7.11 Å². The summed E-state index contributed by atoms with van der Waals surface area (Å²) in [5.74, 6) is -1.58. The molecule has 0 spiro atoms. The monoisotopic (exact) mass is 439 g/mol. The van der Waals surface area contributed by atoms with Gasteiger partial charge in [-0.1, -0.05) is 29.8 Å². The average Bonchev–Trinajstić information content (AvgIpc) is 3.37. The maximum atomic E-state index is 12.9. The standard InChI is InChI=1S/C23H22ClN3O4/c1-31-23(30)20(10-14-12-25-19-5-3-2-4-18(14)19)26-22(29)15-11-21(28)27(13-15)17-8-6-16(24)7-9-17/h2-9,12,15,20,25H,10-11,13H2,1H3,(H,26,29)/t15-,20+/m0/s1. The van der Waals surface area contributed by atoms with Gasteiger partial charge in [0.25, 0.3) is 0 Å². The molecule has 1 aliphatic heterocycles. The van der Waals surface area contributed by atoms with Crippen LogP contribution >= 0.6 is 11.6 Å². The molecular weight excluding hydrogens is 418 g/mol. The number of fused-ring (bicyclic) bond motifs is 1. The first-order valence-corrected chi connectivity index (χ1v) is 10.3. The van der Waals surface area contributed by atoms with Crippen LogP contribution in [0.15, 0.2) is 54.7 Å². The zero-order valence-corrected chi connectivity index (χ0v) is 17.7. The van der Waals surface area contributed by atoms with Crippen LogP contribution in [-0.4, -0.2) is 42.5 Å². The normalized spacial score (nSPS) is 17.0. The van der Waals surface area contributed by atoms with Crippen LogP contribution in [0.4, 0.5) is 5.69 Å². The first kappa shape index (κ1) is 20.9. The SMILES string of the molecule is COC(=O)[C@@H](Cc1c[nH]c2ccccc12)NC(=O)[C@H]1CC(=O)N(c2ccc(Cl)cc2)C1. The number of H-pyrrole nitrogens is 1. The van der Waals surface area contributed by atoms with Gasteiger partial charge >= 0.3 is 5.97 Å². The zero-order valence-electron chi connectivity index (χ0n) is 16.9. The topological polar surface area (TPSA) is 91.5 Å². The van der Waals surface area contributed by atoms with E-state index in [2.05, 4.69) is 10.3 Å². The minimum atomic E-state index is -0.851. The maximum absolute atomic E-state index is 12.9. The largest absolute Gasteiger partial charge is 0.467 e. The van der Waals surface area contributed by atoms with Crippen molar-refractivity contribution in [1.29, 1.82) is 0 Å².